The Hall–Kier alpha value is -2.98. The highest BCUT2D eigenvalue weighted by Crippen LogP contribution is 2.31. The fourth-order valence-corrected chi connectivity index (χ4v) is 5.07. The molecule has 0 radical (unpaired) electrons. The van der Waals surface area contributed by atoms with Crippen LogP contribution in [0, 0.1) is 10.1 Å². The molecule has 2 aromatic carbocycles. The van der Waals surface area contributed by atoms with Crippen molar-refractivity contribution in [3.8, 4) is 0 Å². The molecule has 10 heteroatoms. The van der Waals surface area contributed by atoms with E-state index in [0.717, 1.165) is 5.56 Å². The lowest BCUT2D eigenvalue weighted by molar-refractivity contribution is -0.383. The third-order valence-corrected chi connectivity index (χ3v) is 7.17. The molecular formula is C20H24N4O5S. The summed E-state index contributed by atoms with van der Waals surface area (Å²) in [6.45, 7) is 4.68. The Balaban J connectivity index is 1.76. The van der Waals surface area contributed by atoms with Crippen molar-refractivity contribution in [2.45, 2.75) is 25.2 Å². The quantitative estimate of drug-likeness (QED) is 0.507. The van der Waals surface area contributed by atoms with Crippen LogP contribution in [0.25, 0.3) is 0 Å². The molecule has 0 saturated carbocycles. The molecule has 1 aliphatic heterocycles. The second-order valence-electron chi connectivity index (χ2n) is 6.80. The second kappa shape index (κ2) is 8.80. The van der Waals surface area contributed by atoms with Crippen LogP contribution in [0.2, 0.25) is 0 Å². The van der Waals surface area contributed by atoms with Crippen molar-refractivity contribution in [2.75, 3.05) is 36.4 Å². The Labute approximate surface area is 175 Å². The highest BCUT2D eigenvalue weighted by atomic mass is 32.2. The summed E-state index contributed by atoms with van der Waals surface area (Å²) in [4.78, 5) is 25.1. The van der Waals surface area contributed by atoms with Crippen LogP contribution >= 0.6 is 0 Å². The first-order valence-corrected chi connectivity index (χ1v) is 11.1. The Morgan fingerprint density at radius 1 is 1.20 bits per heavy atom. The Bertz CT molecular complexity index is 1070. The summed E-state index contributed by atoms with van der Waals surface area (Å²) in [5.74, 6) is -0.244. The van der Waals surface area contributed by atoms with E-state index in [4.69, 9.17) is 0 Å². The van der Waals surface area contributed by atoms with Crippen molar-refractivity contribution in [1.29, 1.82) is 0 Å². The van der Waals surface area contributed by atoms with Gasteiger partial charge in [0.2, 0.25) is 15.9 Å². The average Bonchev–Trinajstić information content (AvgIpc) is 3.16. The van der Waals surface area contributed by atoms with Gasteiger partial charge in [0.1, 0.15) is 5.69 Å². The zero-order valence-electron chi connectivity index (χ0n) is 16.9. The maximum atomic E-state index is 12.7. The van der Waals surface area contributed by atoms with Gasteiger partial charge in [0.05, 0.1) is 16.4 Å². The molecular weight excluding hydrogens is 408 g/mol. The number of nitrogens with zero attached hydrogens (tertiary/aromatic N) is 3. The summed E-state index contributed by atoms with van der Waals surface area (Å²) in [7, 11) is -3.57. The molecule has 0 fully saturated rings. The average molecular weight is 433 g/mol. The van der Waals surface area contributed by atoms with E-state index in [1.807, 2.05) is 0 Å². The Morgan fingerprint density at radius 3 is 2.57 bits per heavy atom. The molecule has 1 amide bonds. The number of fused-ring (bicyclic) bond motifs is 1. The van der Waals surface area contributed by atoms with Gasteiger partial charge in [0.25, 0.3) is 5.69 Å². The normalized spacial score (nSPS) is 13.4. The molecule has 0 bridgehead atoms. The summed E-state index contributed by atoms with van der Waals surface area (Å²) in [6, 6.07) is 10.9. The van der Waals surface area contributed by atoms with Crippen molar-refractivity contribution in [3.63, 3.8) is 0 Å². The number of anilines is 2. The molecule has 30 heavy (non-hydrogen) atoms. The smallest absolute Gasteiger partial charge is 0.292 e. The van der Waals surface area contributed by atoms with E-state index in [1.54, 1.807) is 49.1 Å². The Morgan fingerprint density at radius 2 is 1.90 bits per heavy atom. The molecule has 0 aliphatic carbocycles. The number of nitro benzene ring substituents is 1. The summed E-state index contributed by atoms with van der Waals surface area (Å²) < 4.78 is 26.9. The van der Waals surface area contributed by atoms with E-state index in [0.29, 0.717) is 31.7 Å². The molecule has 1 aliphatic rings. The molecule has 160 valence electrons. The topological polar surface area (TPSA) is 113 Å². The van der Waals surface area contributed by atoms with Crippen molar-refractivity contribution in [1.82, 2.24) is 4.31 Å². The van der Waals surface area contributed by atoms with Crippen LogP contribution in [-0.4, -0.2) is 49.7 Å². The predicted molar refractivity (Wildman–Crippen MR) is 114 cm³/mol. The van der Waals surface area contributed by atoms with E-state index in [2.05, 4.69) is 5.32 Å². The molecule has 0 spiro atoms. The number of carbonyl (C=O) groups is 1. The lowest BCUT2D eigenvalue weighted by Gasteiger charge is -2.20. The van der Waals surface area contributed by atoms with Crippen LogP contribution in [0.15, 0.2) is 47.4 Å². The largest absolute Gasteiger partial charge is 0.371 e. The van der Waals surface area contributed by atoms with Crippen molar-refractivity contribution < 1.29 is 18.1 Å². The maximum Gasteiger partial charge on any atom is 0.292 e. The number of nitrogens with one attached hydrogen (secondary N) is 1. The highest BCUT2D eigenvalue weighted by molar-refractivity contribution is 7.89. The van der Waals surface area contributed by atoms with Gasteiger partial charge in [-0.1, -0.05) is 26.0 Å². The molecule has 1 N–H and O–H groups in total. The van der Waals surface area contributed by atoms with Crippen LogP contribution in [0.5, 0.6) is 0 Å². The van der Waals surface area contributed by atoms with Gasteiger partial charge in [-0.15, -0.1) is 0 Å². The fourth-order valence-electron chi connectivity index (χ4n) is 3.56. The number of hydrogen-bond donors (Lipinski definition) is 1. The summed E-state index contributed by atoms with van der Waals surface area (Å²) >= 11 is 0. The van der Waals surface area contributed by atoms with Gasteiger partial charge < -0.3 is 10.2 Å². The number of benzene rings is 2. The molecule has 0 saturated heterocycles. The molecule has 1 heterocycles. The number of hydrogen-bond acceptors (Lipinski definition) is 6. The Kier molecular flexibility index (Phi) is 6.37. The van der Waals surface area contributed by atoms with Crippen LogP contribution < -0.4 is 10.2 Å². The van der Waals surface area contributed by atoms with Crippen molar-refractivity contribution in [2.24, 2.45) is 0 Å². The van der Waals surface area contributed by atoms with Crippen molar-refractivity contribution in [3.05, 3.63) is 58.1 Å². The first-order valence-electron chi connectivity index (χ1n) is 9.70. The number of sulfonamides is 1. The van der Waals surface area contributed by atoms with Gasteiger partial charge in [-0.05, 0) is 36.2 Å². The van der Waals surface area contributed by atoms with E-state index in [1.165, 1.54) is 16.4 Å². The van der Waals surface area contributed by atoms with Gasteiger partial charge in [0, 0.05) is 31.4 Å². The molecule has 9 nitrogen and oxygen atoms in total. The minimum Gasteiger partial charge on any atom is -0.371 e. The van der Waals surface area contributed by atoms with Crippen LogP contribution in [-0.2, 0) is 21.2 Å². The molecule has 0 aromatic heterocycles. The summed E-state index contributed by atoms with van der Waals surface area (Å²) in [5, 5.41) is 13.9. The number of carbonyl (C=O) groups excluding carboxylic acids is 1. The first-order chi connectivity index (χ1) is 14.3. The standard InChI is InChI=1S/C20H24N4O5S/c1-3-22(4-2)30(28,29)16-9-10-18-15(13-16)11-12-23(18)20(25)14-21-17-7-5-6-8-19(17)24(26)27/h5-10,13,21H,3-4,11-12,14H2,1-2H3. The molecule has 3 rings (SSSR count). The van der Waals surface area contributed by atoms with Gasteiger partial charge in [0.15, 0.2) is 0 Å². The third kappa shape index (κ3) is 4.14. The lowest BCUT2D eigenvalue weighted by atomic mass is 10.2. The number of para-hydroxylation sites is 2. The van der Waals surface area contributed by atoms with Gasteiger partial charge >= 0.3 is 0 Å². The van der Waals surface area contributed by atoms with Gasteiger partial charge in [-0.25, -0.2) is 8.42 Å². The second-order valence-corrected chi connectivity index (χ2v) is 8.74. The monoisotopic (exact) mass is 432 g/mol. The maximum absolute atomic E-state index is 12.7. The lowest BCUT2D eigenvalue weighted by Crippen LogP contribution is -2.34. The van der Waals surface area contributed by atoms with Crippen molar-refractivity contribution >= 4 is 33.0 Å². The summed E-state index contributed by atoms with van der Waals surface area (Å²) in [5.41, 5.74) is 1.64. The number of rotatable bonds is 8. The van der Waals surface area contributed by atoms with E-state index < -0.39 is 14.9 Å². The zero-order chi connectivity index (χ0) is 21.9. The van der Waals surface area contributed by atoms with Gasteiger partial charge in [-0.2, -0.15) is 4.31 Å². The number of amides is 1. The molecule has 0 unspecified atom stereocenters. The van der Waals surface area contributed by atoms with E-state index in [-0.39, 0.29) is 28.7 Å². The van der Waals surface area contributed by atoms with E-state index >= 15 is 0 Å². The SMILES string of the molecule is CCN(CC)S(=O)(=O)c1ccc2c(c1)CCN2C(=O)CNc1ccccc1[N+](=O)[O-]. The van der Waals surface area contributed by atoms with E-state index in [9.17, 15) is 23.3 Å². The first kappa shape index (κ1) is 21.7. The number of nitro groups is 1. The third-order valence-electron chi connectivity index (χ3n) is 5.12. The minimum atomic E-state index is -3.57. The molecule has 2 aromatic rings. The minimum absolute atomic E-state index is 0.0987. The zero-order valence-corrected chi connectivity index (χ0v) is 17.7. The molecule has 0 atom stereocenters. The predicted octanol–water partition coefficient (Wildman–Crippen LogP) is 2.63. The van der Waals surface area contributed by atoms with Gasteiger partial charge in [-0.3, -0.25) is 14.9 Å². The van der Waals surface area contributed by atoms with Crippen LogP contribution in [0.3, 0.4) is 0 Å². The van der Waals surface area contributed by atoms with Crippen LogP contribution in [0.4, 0.5) is 17.1 Å². The highest BCUT2D eigenvalue weighted by Gasteiger charge is 2.28. The fraction of sp³-hybridized carbons (Fsp3) is 0.350. The summed E-state index contributed by atoms with van der Waals surface area (Å²) in [6.07, 6.45) is 0.550. The van der Waals surface area contributed by atoms with Crippen LogP contribution in [0.1, 0.15) is 19.4 Å².